The number of amides is 1. The fraction of sp³-hybridized carbons (Fsp3) is 0.353. The number of hydrogen-bond acceptors (Lipinski definition) is 5. The summed E-state index contributed by atoms with van der Waals surface area (Å²) in [6, 6.07) is 9.06. The normalized spacial score (nSPS) is 23.7. The van der Waals surface area contributed by atoms with Crippen LogP contribution in [0, 0.1) is 0 Å². The molecule has 0 unspecified atom stereocenters. The summed E-state index contributed by atoms with van der Waals surface area (Å²) < 4.78 is 5.20. The van der Waals surface area contributed by atoms with E-state index in [-0.39, 0.29) is 17.8 Å². The minimum absolute atomic E-state index is 0.0306. The summed E-state index contributed by atoms with van der Waals surface area (Å²) in [4.78, 5) is 31.2. The van der Waals surface area contributed by atoms with Gasteiger partial charge in [-0.15, -0.1) is 0 Å². The van der Waals surface area contributed by atoms with Crippen LogP contribution in [-0.2, 0) is 14.3 Å². The van der Waals surface area contributed by atoms with Crippen molar-refractivity contribution in [3.05, 3.63) is 47.2 Å². The molecular weight excluding hydrogens is 312 g/mol. The van der Waals surface area contributed by atoms with Gasteiger partial charge >= 0.3 is 5.97 Å². The van der Waals surface area contributed by atoms with E-state index in [2.05, 4.69) is 4.99 Å². The molecule has 2 atom stereocenters. The largest absolute Gasteiger partial charge is 0.463 e. The van der Waals surface area contributed by atoms with Gasteiger partial charge in [0.15, 0.2) is 5.17 Å². The number of benzene rings is 1. The van der Waals surface area contributed by atoms with E-state index in [4.69, 9.17) is 4.74 Å². The van der Waals surface area contributed by atoms with Gasteiger partial charge in [-0.3, -0.25) is 9.69 Å². The Morgan fingerprint density at radius 3 is 2.70 bits per heavy atom. The van der Waals surface area contributed by atoms with Crippen molar-refractivity contribution in [3.63, 3.8) is 0 Å². The Hall–Kier alpha value is -2.08. The number of allylic oxidation sites excluding steroid dienone is 1. The fourth-order valence-corrected chi connectivity index (χ4v) is 3.85. The van der Waals surface area contributed by atoms with Crippen molar-refractivity contribution < 1.29 is 14.3 Å². The molecule has 2 aliphatic heterocycles. The van der Waals surface area contributed by atoms with Gasteiger partial charge in [-0.2, -0.15) is 0 Å². The predicted molar refractivity (Wildman–Crippen MR) is 89.9 cm³/mol. The third kappa shape index (κ3) is 2.67. The van der Waals surface area contributed by atoms with Gasteiger partial charge in [0.05, 0.1) is 29.2 Å². The molecule has 0 aromatic heterocycles. The molecule has 2 heterocycles. The van der Waals surface area contributed by atoms with Crippen molar-refractivity contribution in [1.82, 2.24) is 4.90 Å². The van der Waals surface area contributed by atoms with Crippen molar-refractivity contribution in [3.8, 4) is 0 Å². The lowest BCUT2D eigenvalue weighted by Crippen LogP contribution is -2.40. The summed E-state index contributed by atoms with van der Waals surface area (Å²) in [6.45, 7) is 5.70. The van der Waals surface area contributed by atoms with E-state index in [0.29, 0.717) is 16.4 Å². The van der Waals surface area contributed by atoms with E-state index in [1.807, 2.05) is 37.3 Å². The Labute approximate surface area is 139 Å². The lowest BCUT2D eigenvalue weighted by atomic mass is 9.94. The second-order valence-corrected chi connectivity index (χ2v) is 6.70. The van der Waals surface area contributed by atoms with Gasteiger partial charge in [0, 0.05) is 0 Å². The van der Waals surface area contributed by atoms with Crippen LogP contribution in [0.25, 0.3) is 0 Å². The number of thioether (sulfide) groups is 1. The van der Waals surface area contributed by atoms with Crippen LogP contribution in [-0.4, -0.2) is 33.8 Å². The number of nitrogens with zero attached hydrogens (tertiary/aromatic N) is 2. The summed E-state index contributed by atoms with van der Waals surface area (Å²) in [7, 11) is 0. The Morgan fingerprint density at radius 1 is 1.35 bits per heavy atom. The van der Waals surface area contributed by atoms with Gasteiger partial charge in [-0.1, -0.05) is 42.1 Å². The standard InChI is InChI=1S/C17H18N2O3S/c1-4-22-16(21)13-10(2)18-17-19(15(20)11(3)23-17)14(13)12-8-6-5-7-9-12/h5-9,11,14H,4H2,1-3H3/t11-,14+/m1/s1. The molecule has 1 aromatic rings. The lowest BCUT2D eigenvalue weighted by molar-refractivity contribution is -0.139. The fourth-order valence-electron chi connectivity index (χ4n) is 2.82. The zero-order chi connectivity index (χ0) is 16.6. The highest BCUT2D eigenvalue weighted by Crippen LogP contribution is 2.43. The number of carbonyl (C=O) groups excluding carboxylic acids is 2. The van der Waals surface area contributed by atoms with Crippen LogP contribution in [0.3, 0.4) is 0 Å². The Morgan fingerprint density at radius 2 is 2.04 bits per heavy atom. The SMILES string of the molecule is CCOC(=O)C1=C(C)N=C2S[C@H](C)C(=O)N2[C@H]1c1ccccc1. The van der Waals surface area contributed by atoms with Crippen molar-refractivity contribution in [2.75, 3.05) is 6.61 Å². The van der Waals surface area contributed by atoms with Gasteiger partial charge in [0.1, 0.15) is 0 Å². The molecule has 0 spiro atoms. The van der Waals surface area contributed by atoms with E-state index in [9.17, 15) is 9.59 Å². The smallest absolute Gasteiger partial charge is 0.338 e. The van der Waals surface area contributed by atoms with E-state index < -0.39 is 12.0 Å². The molecule has 0 saturated carbocycles. The molecule has 2 aliphatic rings. The molecule has 1 saturated heterocycles. The molecule has 23 heavy (non-hydrogen) atoms. The van der Waals surface area contributed by atoms with Crippen LogP contribution in [0.1, 0.15) is 32.4 Å². The van der Waals surface area contributed by atoms with Crippen molar-refractivity contribution in [1.29, 1.82) is 0 Å². The van der Waals surface area contributed by atoms with Gasteiger partial charge in [-0.25, -0.2) is 9.79 Å². The summed E-state index contributed by atoms with van der Waals surface area (Å²) in [5.74, 6) is -0.448. The third-order valence-electron chi connectivity index (χ3n) is 3.87. The maximum atomic E-state index is 12.6. The minimum atomic E-state index is -0.479. The summed E-state index contributed by atoms with van der Waals surface area (Å²) in [5, 5.41) is 0.455. The Kier molecular flexibility index (Phi) is 4.26. The molecule has 1 aromatic carbocycles. The van der Waals surface area contributed by atoms with Gasteiger partial charge in [0.2, 0.25) is 5.91 Å². The number of aliphatic imine (C=N–C) groups is 1. The highest BCUT2D eigenvalue weighted by atomic mass is 32.2. The molecule has 1 amide bonds. The van der Waals surface area contributed by atoms with Crippen molar-refractivity contribution in [2.45, 2.75) is 32.1 Å². The summed E-state index contributed by atoms with van der Waals surface area (Å²) >= 11 is 1.43. The van der Waals surface area contributed by atoms with Crippen molar-refractivity contribution >= 4 is 28.8 Å². The van der Waals surface area contributed by atoms with Gasteiger partial charge in [-0.05, 0) is 26.3 Å². The minimum Gasteiger partial charge on any atom is -0.463 e. The molecule has 0 N–H and O–H groups in total. The first-order valence-corrected chi connectivity index (χ1v) is 8.43. The van der Waals surface area contributed by atoms with Crippen LogP contribution in [0.5, 0.6) is 0 Å². The predicted octanol–water partition coefficient (Wildman–Crippen LogP) is 2.90. The summed E-state index contributed by atoms with van der Waals surface area (Å²) in [5.41, 5.74) is 1.92. The number of hydrogen-bond donors (Lipinski definition) is 0. The topological polar surface area (TPSA) is 59.0 Å². The van der Waals surface area contributed by atoms with E-state index in [1.54, 1.807) is 18.7 Å². The van der Waals surface area contributed by atoms with Gasteiger partial charge < -0.3 is 4.74 Å². The number of esters is 1. The van der Waals surface area contributed by atoms with Crippen LogP contribution in [0.15, 0.2) is 46.6 Å². The first-order chi connectivity index (χ1) is 11.0. The van der Waals surface area contributed by atoms with E-state index in [0.717, 1.165) is 5.56 Å². The highest BCUT2D eigenvalue weighted by Gasteiger charge is 2.46. The lowest BCUT2D eigenvalue weighted by Gasteiger charge is -2.32. The Bertz CT molecular complexity index is 712. The van der Waals surface area contributed by atoms with Gasteiger partial charge in [0.25, 0.3) is 0 Å². The average molecular weight is 330 g/mol. The Balaban J connectivity index is 2.14. The quantitative estimate of drug-likeness (QED) is 0.800. The number of fused-ring (bicyclic) bond motifs is 1. The average Bonchev–Trinajstić information content (AvgIpc) is 2.81. The summed E-state index contributed by atoms with van der Waals surface area (Å²) in [6.07, 6.45) is 0. The second-order valence-electron chi connectivity index (χ2n) is 5.40. The first kappa shape index (κ1) is 15.8. The van der Waals surface area contributed by atoms with E-state index >= 15 is 0 Å². The van der Waals surface area contributed by atoms with Crippen LogP contribution in [0.4, 0.5) is 0 Å². The number of rotatable bonds is 3. The second kappa shape index (κ2) is 6.20. The number of ether oxygens (including phenoxy) is 1. The molecule has 0 radical (unpaired) electrons. The van der Waals surface area contributed by atoms with Crippen molar-refractivity contribution in [2.24, 2.45) is 4.99 Å². The maximum absolute atomic E-state index is 12.6. The molecular formula is C17H18N2O3S. The first-order valence-electron chi connectivity index (χ1n) is 7.55. The molecule has 0 aliphatic carbocycles. The maximum Gasteiger partial charge on any atom is 0.338 e. The molecule has 1 fully saturated rings. The highest BCUT2D eigenvalue weighted by molar-refractivity contribution is 8.15. The third-order valence-corrected chi connectivity index (χ3v) is 4.92. The molecule has 0 bridgehead atoms. The monoisotopic (exact) mass is 330 g/mol. The molecule has 120 valence electrons. The number of carbonyl (C=O) groups is 2. The molecule has 3 rings (SSSR count). The zero-order valence-corrected chi connectivity index (χ0v) is 14.1. The van der Waals surface area contributed by atoms with E-state index in [1.165, 1.54) is 11.8 Å². The van der Waals surface area contributed by atoms with Crippen LogP contribution in [0.2, 0.25) is 0 Å². The molecule has 5 nitrogen and oxygen atoms in total. The molecule has 6 heteroatoms. The zero-order valence-electron chi connectivity index (χ0n) is 13.3. The number of amidine groups is 1. The van der Waals surface area contributed by atoms with Crippen LogP contribution >= 0.6 is 11.8 Å². The van der Waals surface area contributed by atoms with Crippen LogP contribution < -0.4 is 0 Å².